The lowest BCUT2D eigenvalue weighted by Crippen LogP contribution is -1.76. The summed E-state index contributed by atoms with van der Waals surface area (Å²) in [5.41, 5.74) is 0. The number of nitrogens with zero attached hydrogens (tertiary/aromatic N) is 2. The second-order valence-electron chi connectivity index (χ2n) is 1.23. The number of rotatable bonds is 0. The van der Waals surface area contributed by atoms with E-state index in [0.717, 1.165) is 0 Å². The van der Waals surface area contributed by atoms with Crippen LogP contribution in [0.4, 0.5) is 0 Å². The molecule has 0 fully saturated rings. The van der Waals surface area contributed by atoms with Crippen LogP contribution in [0.5, 0.6) is 0 Å². The molecule has 0 unspecified atom stereocenters. The second-order valence-corrected chi connectivity index (χ2v) is 1.23. The summed E-state index contributed by atoms with van der Waals surface area (Å²) in [5, 5.41) is 0. The second kappa shape index (κ2) is 84.1. The smallest absolute Gasteiger partial charge is 0.0943 e. The fraction of sp³-hybridized carbons (Fsp3) is 0.250. The number of hydrogen-bond acceptors (Lipinski definition) is 12. The predicted molar refractivity (Wildman–Crippen MR) is 78.5 cm³/mol. The highest BCUT2D eigenvalue weighted by Gasteiger charge is 1.69. The van der Waals surface area contributed by atoms with Gasteiger partial charge in [0.05, 0.1) is 6.33 Å². The van der Waals surface area contributed by atoms with Gasteiger partial charge in [-0.15, -0.1) is 0 Å². The highest BCUT2D eigenvalue weighted by molar-refractivity contribution is 4.70. The predicted octanol–water partition coefficient (Wildman–Crippen LogP) is 2.20. The van der Waals surface area contributed by atoms with Crippen molar-refractivity contribution in [2.45, 2.75) is 0 Å². The Kier molecular flexibility index (Phi) is 748. The van der Waals surface area contributed by atoms with Gasteiger partial charge in [0, 0.05) is 19.4 Å². The van der Waals surface area contributed by atoms with Crippen molar-refractivity contribution in [3.63, 3.8) is 0 Å². The molecule has 0 radical (unpaired) electrons. The molecule has 0 aliphatic rings. The van der Waals surface area contributed by atoms with Crippen molar-refractivity contribution < 1.29 is 0 Å². The van der Waals surface area contributed by atoms with Crippen LogP contribution in [-0.2, 0) is 7.05 Å². The summed E-state index contributed by atoms with van der Waals surface area (Å²) < 4.78 is 1.89. The Morgan fingerprint density at radius 1 is 0.647 bits per heavy atom. The first kappa shape index (κ1) is 151. The first-order valence-electron chi connectivity index (χ1n) is 1.81. The zero-order valence-corrected chi connectivity index (χ0v) is 11.4. The molecule has 1 rings (SSSR count). The van der Waals surface area contributed by atoms with Crippen LogP contribution in [0.25, 0.3) is 0 Å². The number of aryl methyl sites for hydroxylation is 1. The number of hydrogen-bond donors (Lipinski definition) is 11. The molecule has 1 aromatic heterocycles. The summed E-state index contributed by atoms with van der Waals surface area (Å²) in [4.78, 5) is 3.78. The van der Waals surface area contributed by atoms with E-state index in [1.54, 1.807) is 12.5 Å². The lowest BCUT2D eigenvalue weighted by molar-refractivity contribution is 0.913. The molecule has 0 amide bonds. The largest absolute Gasteiger partial charge is 0.344 e. The van der Waals surface area contributed by atoms with Gasteiger partial charge in [-0.1, -0.05) is 0 Å². The van der Waals surface area contributed by atoms with E-state index in [1.165, 1.54) is 0 Å². The molecule has 1 heterocycles. The maximum absolute atomic E-state index is 3.78. The van der Waals surface area contributed by atoms with E-state index >= 15 is 0 Å². The quantitative estimate of drug-likeness (QED) is 0.322. The Morgan fingerprint density at radius 2 is 0.941 bits per heavy atom. The average Bonchev–Trinajstić information content (AvgIpc) is 1.86. The van der Waals surface area contributed by atoms with Crippen LogP contribution in [0.15, 0.2) is 18.7 Å². The molecule has 13 heteroatoms. The van der Waals surface area contributed by atoms with Crippen LogP contribution >= 0.6 is 0 Å². The van der Waals surface area contributed by atoms with E-state index in [1.807, 2.05) is 17.8 Å². The Hall–Kier alpha value is -1.23. The molecule has 0 aromatic carbocycles. The van der Waals surface area contributed by atoms with Gasteiger partial charge in [0.15, 0.2) is 0 Å². The van der Waals surface area contributed by atoms with E-state index in [4.69, 9.17) is 0 Å². The van der Waals surface area contributed by atoms with Gasteiger partial charge in [-0.25, -0.2) is 4.98 Å². The fourth-order valence-electron chi connectivity index (χ4n) is 0.326. The van der Waals surface area contributed by atoms with Gasteiger partial charge in [-0.3, -0.25) is 0 Å². The third-order valence-electron chi connectivity index (χ3n) is 0.637. The van der Waals surface area contributed by atoms with Crippen molar-refractivity contribution in [3.8, 4) is 0 Å². The third kappa shape index (κ3) is 72.3. The summed E-state index contributed by atoms with van der Waals surface area (Å²) in [6, 6.07) is 0. The molecule has 0 bridgehead atoms. The first-order valence-corrected chi connectivity index (χ1v) is 1.81. The van der Waals surface area contributed by atoms with Gasteiger partial charge >= 0.3 is 0 Å². The zero-order chi connectivity index (χ0) is 4.41. The Balaban J connectivity index is -0.00000000364. The van der Waals surface area contributed by atoms with Gasteiger partial charge in [0.25, 0.3) is 0 Å². The molecule has 0 saturated carbocycles. The lowest BCUT2D eigenvalue weighted by Gasteiger charge is -1.76. The van der Waals surface area contributed by atoms with Crippen LogP contribution < -0.4 is 67.7 Å². The van der Waals surface area contributed by atoms with Crippen LogP contribution in [0.1, 0.15) is 0 Å². The topological polar surface area (TPSA) is 403 Å². The SMILES string of the molecule is Cn1ccnc1.N.N.N.N.N.N.N.N.N.N.N. The van der Waals surface area contributed by atoms with Gasteiger partial charge in [-0.2, -0.15) is 0 Å². The Morgan fingerprint density at radius 3 is 1.00 bits per heavy atom. The van der Waals surface area contributed by atoms with Gasteiger partial charge in [0.2, 0.25) is 0 Å². The maximum atomic E-state index is 3.78. The van der Waals surface area contributed by atoms with Crippen LogP contribution in [0.3, 0.4) is 0 Å². The van der Waals surface area contributed by atoms with E-state index in [2.05, 4.69) is 4.98 Å². The van der Waals surface area contributed by atoms with Crippen molar-refractivity contribution in [2.75, 3.05) is 0 Å². The van der Waals surface area contributed by atoms with E-state index < -0.39 is 0 Å². The van der Waals surface area contributed by atoms with Crippen LogP contribution in [0.2, 0.25) is 0 Å². The highest BCUT2D eigenvalue weighted by atomic mass is 15.0. The van der Waals surface area contributed by atoms with Crippen LogP contribution in [-0.4, -0.2) is 9.55 Å². The minimum absolute atomic E-state index is 0. The maximum Gasteiger partial charge on any atom is 0.0943 e. The lowest BCUT2D eigenvalue weighted by atomic mass is 10.9. The minimum Gasteiger partial charge on any atom is -0.344 e. The highest BCUT2D eigenvalue weighted by Crippen LogP contribution is 1.73. The van der Waals surface area contributed by atoms with Gasteiger partial charge in [-0.05, 0) is 0 Å². The molecule has 13 nitrogen and oxygen atoms in total. The molecule has 33 N–H and O–H groups in total. The van der Waals surface area contributed by atoms with E-state index in [9.17, 15) is 0 Å². The zero-order valence-electron chi connectivity index (χ0n) is 11.4. The van der Waals surface area contributed by atoms with Crippen LogP contribution in [0, 0.1) is 0 Å². The molecular weight excluding hydrogens is 230 g/mol. The Bertz CT molecular complexity index is 117. The van der Waals surface area contributed by atoms with Crippen molar-refractivity contribution in [3.05, 3.63) is 18.7 Å². The summed E-state index contributed by atoms with van der Waals surface area (Å²) >= 11 is 0. The van der Waals surface area contributed by atoms with Crippen molar-refractivity contribution in [1.29, 1.82) is 0 Å². The standard InChI is InChI=1S/C4H6N2.11H3N/c1-6-3-2-5-4-6;;;;;;;;;;;/h2-4H,1H3;11*1H3. The molecule has 17 heavy (non-hydrogen) atoms. The molecule has 0 saturated heterocycles. The molecule has 0 atom stereocenters. The first-order chi connectivity index (χ1) is 2.89. The summed E-state index contributed by atoms with van der Waals surface area (Å²) in [6.07, 6.45) is 5.39. The third-order valence-corrected chi connectivity index (χ3v) is 0.637. The van der Waals surface area contributed by atoms with Gasteiger partial charge in [0.1, 0.15) is 0 Å². The van der Waals surface area contributed by atoms with E-state index in [0.29, 0.717) is 0 Å². The monoisotopic (exact) mass is 269 g/mol. The number of aromatic nitrogens is 2. The molecular formula is C4H39N13. The van der Waals surface area contributed by atoms with Crippen molar-refractivity contribution >= 4 is 0 Å². The molecule has 0 spiro atoms. The average molecular weight is 269 g/mol. The summed E-state index contributed by atoms with van der Waals surface area (Å²) in [6.45, 7) is 0. The van der Waals surface area contributed by atoms with Crippen molar-refractivity contribution in [2.24, 2.45) is 7.05 Å². The van der Waals surface area contributed by atoms with Gasteiger partial charge < -0.3 is 72.2 Å². The van der Waals surface area contributed by atoms with Crippen molar-refractivity contribution in [1.82, 2.24) is 77.2 Å². The molecule has 0 aliphatic heterocycles. The molecule has 0 aliphatic carbocycles. The molecule has 1 aromatic rings. The number of imidazole rings is 1. The Labute approximate surface area is 104 Å². The summed E-state index contributed by atoms with van der Waals surface area (Å²) in [7, 11) is 1.94. The summed E-state index contributed by atoms with van der Waals surface area (Å²) in [5.74, 6) is 0. The minimum atomic E-state index is 0. The molecule has 120 valence electrons. The van der Waals surface area contributed by atoms with E-state index in [-0.39, 0.29) is 67.7 Å². The fourth-order valence-corrected chi connectivity index (χ4v) is 0.326. The normalized spacial score (nSPS) is 3.12.